The van der Waals surface area contributed by atoms with Crippen molar-refractivity contribution in [3.8, 4) is 0 Å². The number of hydrogen-bond donors (Lipinski definition) is 2. The van der Waals surface area contributed by atoms with Crippen molar-refractivity contribution in [2.24, 2.45) is 0 Å². The molecule has 1 aromatic heterocycles. The van der Waals surface area contributed by atoms with Crippen LogP contribution in [0.4, 0.5) is 0 Å². The summed E-state index contributed by atoms with van der Waals surface area (Å²) in [6, 6.07) is 6.94. The SMILES string of the molecule is O=S(=O)(NC1CC(O)c2ccccc21)c1c(Br)nc2n1CCS2. The van der Waals surface area contributed by atoms with Gasteiger partial charge in [0.15, 0.2) is 10.2 Å². The lowest BCUT2D eigenvalue weighted by atomic mass is 10.1. The van der Waals surface area contributed by atoms with Crippen LogP contribution in [0.25, 0.3) is 0 Å². The highest BCUT2D eigenvalue weighted by Gasteiger charge is 2.36. The van der Waals surface area contributed by atoms with E-state index in [0.717, 1.165) is 16.9 Å². The molecule has 23 heavy (non-hydrogen) atoms. The summed E-state index contributed by atoms with van der Waals surface area (Å²) in [4.78, 5) is 4.27. The maximum atomic E-state index is 12.9. The highest BCUT2D eigenvalue weighted by Crippen LogP contribution is 2.40. The zero-order valence-corrected chi connectivity index (χ0v) is 15.2. The normalized spacial score (nSPS) is 23.0. The number of benzene rings is 1. The van der Waals surface area contributed by atoms with Crippen molar-refractivity contribution >= 4 is 37.7 Å². The number of rotatable bonds is 3. The van der Waals surface area contributed by atoms with Crippen LogP contribution in [-0.4, -0.2) is 28.8 Å². The molecule has 9 heteroatoms. The molecule has 2 aliphatic rings. The van der Waals surface area contributed by atoms with Crippen LogP contribution in [0, 0.1) is 0 Å². The molecule has 0 bridgehead atoms. The third-order valence-electron chi connectivity index (χ3n) is 4.13. The molecule has 1 aliphatic heterocycles. The van der Waals surface area contributed by atoms with Gasteiger partial charge in [0, 0.05) is 12.3 Å². The predicted octanol–water partition coefficient (Wildman–Crippen LogP) is 2.21. The number of nitrogens with zero attached hydrogens (tertiary/aromatic N) is 2. The number of aromatic nitrogens is 2. The first-order chi connectivity index (χ1) is 11.0. The largest absolute Gasteiger partial charge is 0.388 e. The van der Waals surface area contributed by atoms with E-state index in [2.05, 4.69) is 25.6 Å². The van der Waals surface area contributed by atoms with Gasteiger partial charge in [-0.05, 0) is 33.5 Å². The topological polar surface area (TPSA) is 84.2 Å². The molecule has 0 spiro atoms. The fourth-order valence-corrected chi connectivity index (χ4v) is 6.74. The molecule has 2 unspecified atom stereocenters. The van der Waals surface area contributed by atoms with Crippen LogP contribution in [0.2, 0.25) is 0 Å². The predicted molar refractivity (Wildman–Crippen MR) is 89.7 cm³/mol. The first-order valence-electron chi connectivity index (χ1n) is 7.15. The number of hydrogen-bond acceptors (Lipinski definition) is 5. The molecule has 6 nitrogen and oxygen atoms in total. The van der Waals surface area contributed by atoms with Crippen molar-refractivity contribution in [3.63, 3.8) is 0 Å². The zero-order valence-electron chi connectivity index (χ0n) is 11.9. The molecule has 4 rings (SSSR count). The highest BCUT2D eigenvalue weighted by molar-refractivity contribution is 9.10. The molecular formula is C14H14BrN3O3S2. The summed E-state index contributed by atoms with van der Waals surface area (Å²) in [5, 5.41) is 11.0. The van der Waals surface area contributed by atoms with Gasteiger partial charge in [-0.2, -0.15) is 0 Å². The Kier molecular flexibility index (Phi) is 3.80. The van der Waals surface area contributed by atoms with Crippen molar-refractivity contribution in [2.75, 3.05) is 5.75 Å². The van der Waals surface area contributed by atoms with Crippen molar-refractivity contribution in [1.29, 1.82) is 0 Å². The standard InChI is InChI=1S/C14H14BrN3O3S2/c15-12-13(18-5-6-22-14(18)16-12)23(20,21)17-10-7-11(19)9-4-2-1-3-8(9)10/h1-4,10-11,17,19H,5-7H2. The molecule has 0 fully saturated rings. The number of nitrogens with one attached hydrogen (secondary N) is 1. The second kappa shape index (κ2) is 5.59. The van der Waals surface area contributed by atoms with E-state index in [0.29, 0.717) is 22.7 Å². The Labute approximate surface area is 146 Å². The van der Waals surface area contributed by atoms with Crippen LogP contribution in [0.1, 0.15) is 29.7 Å². The van der Waals surface area contributed by atoms with Gasteiger partial charge in [0.05, 0.1) is 12.1 Å². The zero-order chi connectivity index (χ0) is 16.2. The summed E-state index contributed by atoms with van der Waals surface area (Å²) in [5.41, 5.74) is 1.61. The van der Waals surface area contributed by atoms with Crippen molar-refractivity contribution < 1.29 is 13.5 Å². The first kappa shape index (κ1) is 15.6. The number of fused-ring (bicyclic) bond motifs is 2. The van der Waals surface area contributed by atoms with Gasteiger partial charge in [0.25, 0.3) is 10.0 Å². The lowest BCUT2D eigenvalue weighted by molar-refractivity contribution is 0.172. The molecule has 0 amide bonds. The number of sulfonamides is 1. The number of imidazole rings is 1. The van der Waals surface area contributed by atoms with Crippen molar-refractivity contribution in [1.82, 2.24) is 14.3 Å². The summed E-state index contributed by atoms with van der Waals surface area (Å²) in [6.45, 7) is 0.624. The van der Waals surface area contributed by atoms with E-state index in [-0.39, 0.29) is 5.03 Å². The lowest BCUT2D eigenvalue weighted by Gasteiger charge is -2.15. The maximum Gasteiger partial charge on any atom is 0.259 e. The van der Waals surface area contributed by atoms with Gasteiger partial charge in [-0.1, -0.05) is 36.0 Å². The van der Waals surface area contributed by atoms with Gasteiger partial charge < -0.3 is 9.67 Å². The van der Waals surface area contributed by atoms with E-state index in [1.54, 1.807) is 16.3 Å². The quantitative estimate of drug-likeness (QED) is 0.802. The number of thioether (sulfide) groups is 1. The fraction of sp³-hybridized carbons (Fsp3) is 0.357. The smallest absolute Gasteiger partial charge is 0.259 e. The van der Waals surface area contributed by atoms with Crippen LogP contribution in [0.5, 0.6) is 0 Å². The molecule has 122 valence electrons. The third kappa shape index (κ3) is 2.54. The second-order valence-electron chi connectivity index (χ2n) is 5.54. The average Bonchev–Trinajstić information content (AvgIpc) is 3.13. The molecule has 1 aliphatic carbocycles. The van der Waals surface area contributed by atoms with Gasteiger partial charge in [-0.3, -0.25) is 0 Å². The van der Waals surface area contributed by atoms with E-state index in [1.165, 1.54) is 0 Å². The Morgan fingerprint density at radius 2 is 2.09 bits per heavy atom. The first-order valence-corrected chi connectivity index (χ1v) is 10.4. The van der Waals surface area contributed by atoms with E-state index >= 15 is 0 Å². The van der Waals surface area contributed by atoms with E-state index in [9.17, 15) is 13.5 Å². The summed E-state index contributed by atoms with van der Waals surface area (Å²) >= 11 is 4.80. The van der Waals surface area contributed by atoms with Gasteiger partial charge in [0.1, 0.15) is 4.60 Å². The molecule has 2 aromatic rings. The van der Waals surface area contributed by atoms with Crippen molar-refractivity contribution in [3.05, 3.63) is 40.0 Å². The van der Waals surface area contributed by atoms with E-state index < -0.39 is 22.2 Å². The molecular weight excluding hydrogens is 402 g/mol. The van der Waals surface area contributed by atoms with Crippen LogP contribution in [0.15, 0.2) is 39.1 Å². The van der Waals surface area contributed by atoms with Crippen molar-refractivity contribution in [2.45, 2.75) is 35.3 Å². The Balaban J connectivity index is 1.70. The van der Waals surface area contributed by atoms with E-state index in [4.69, 9.17) is 0 Å². The Bertz CT molecular complexity index is 881. The average molecular weight is 416 g/mol. The summed E-state index contributed by atoms with van der Waals surface area (Å²) < 4.78 is 30.5. The minimum Gasteiger partial charge on any atom is -0.388 e. The van der Waals surface area contributed by atoms with Crippen LogP contribution >= 0.6 is 27.7 Å². The molecule has 1 aromatic carbocycles. The molecule has 0 radical (unpaired) electrons. The molecule has 0 saturated heterocycles. The van der Waals surface area contributed by atoms with Crippen LogP contribution in [0.3, 0.4) is 0 Å². The molecule has 2 atom stereocenters. The Morgan fingerprint density at radius 1 is 1.35 bits per heavy atom. The van der Waals surface area contributed by atoms with E-state index in [1.807, 2.05) is 24.3 Å². The summed E-state index contributed by atoms with van der Waals surface area (Å²) in [5.74, 6) is 0.823. The minimum absolute atomic E-state index is 0.163. The highest BCUT2D eigenvalue weighted by atomic mass is 79.9. The number of aliphatic hydroxyl groups is 1. The fourth-order valence-electron chi connectivity index (χ4n) is 3.15. The monoisotopic (exact) mass is 415 g/mol. The number of halogens is 1. The Hall–Kier alpha value is -0.870. The molecule has 2 N–H and O–H groups in total. The maximum absolute atomic E-state index is 12.9. The van der Waals surface area contributed by atoms with Gasteiger partial charge >= 0.3 is 0 Å². The number of aliphatic hydroxyl groups excluding tert-OH is 1. The van der Waals surface area contributed by atoms with Gasteiger partial charge in [-0.15, -0.1) is 0 Å². The van der Waals surface area contributed by atoms with Gasteiger partial charge in [0.2, 0.25) is 0 Å². The van der Waals surface area contributed by atoms with Gasteiger partial charge in [-0.25, -0.2) is 18.1 Å². The second-order valence-corrected chi connectivity index (χ2v) is 8.99. The summed E-state index contributed by atoms with van der Waals surface area (Å²) in [6.07, 6.45) is -0.305. The summed E-state index contributed by atoms with van der Waals surface area (Å²) in [7, 11) is -3.74. The molecule has 2 heterocycles. The lowest BCUT2D eigenvalue weighted by Crippen LogP contribution is -2.29. The van der Waals surface area contributed by atoms with Crippen LogP contribution in [-0.2, 0) is 16.6 Å². The third-order valence-corrected chi connectivity index (χ3v) is 7.42. The van der Waals surface area contributed by atoms with Crippen LogP contribution < -0.4 is 4.72 Å². The molecule has 0 saturated carbocycles. The minimum atomic E-state index is -3.74. The Morgan fingerprint density at radius 3 is 2.87 bits per heavy atom.